The molecule has 0 N–H and O–H groups in total. The van der Waals surface area contributed by atoms with Gasteiger partial charge in [-0.1, -0.05) is 36.4 Å². The number of carbonyl (C=O) groups is 1. The van der Waals surface area contributed by atoms with Crippen molar-refractivity contribution in [1.29, 1.82) is 0 Å². The van der Waals surface area contributed by atoms with Crippen LogP contribution in [-0.4, -0.2) is 27.2 Å². The first-order valence-electron chi connectivity index (χ1n) is 9.57. The lowest BCUT2D eigenvalue weighted by Gasteiger charge is -2.30. The highest BCUT2D eigenvalue weighted by Gasteiger charge is 2.34. The molecular formula is C23H21N3O2S. The van der Waals surface area contributed by atoms with Gasteiger partial charge < -0.3 is 9.64 Å². The Hall–Kier alpha value is -3.12. The number of nitrogens with zero attached hydrogens (tertiary/aromatic N) is 3. The number of ether oxygens (including phenoxy) is 1. The van der Waals surface area contributed by atoms with Crippen molar-refractivity contribution in [1.82, 2.24) is 14.3 Å². The Bertz CT molecular complexity index is 1190. The van der Waals surface area contributed by atoms with Crippen LogP contribution in [0, 0.1) is 13.8 Å². The number of carbonyl (C=O) groups excluding carboxylic acids is 1. The van der Waals surface area contributed by atoms with E-state index in [1.807, 2.05) is 62.5 Å². The van der Waals surface area contributed by atoms with Gasteiger partial charge in [-0.3, -0.25) is 9.20 Å². The fourth-order valence-electron chi connectivity index (χ4n) is 4.00. The Morgan fingerprint density at radius 2 is 1.72 bits per heavy atom. The number of imidazole rings is 1. The Morgan fingerprint density at radius 3 is 2.38 bits per heavy atom. The second-order valence-electron chi connectivity index (χ2n) is 7.44. The molecule has 0 atom stereocenters. The van der Waals surface area contributed by atoms with Crippen molar-refractivity contribution >= 4 is 22.2 Å². The molecule has 0 saturated carbocycles. The first-order chi connectivity index (χ1) is 14.0. The van der Waals surface area contributed by atoms with E-state index in [2.05, 4.69) is 22.5 Å². The predicted molar refractivity (Wildman–Crippen MR) is 114 cm³/mol. The Kier molecular flexibility index (Phi) is 4.17. The van der Waals surface area contributed by atoms with Crippen LogP contribution in [0.15, 0.2) is 54.7 Å². The molecule has 0 bridgehead atoms. The molecule has 0 aliphatic carbocycles. The average molecular weight is 404 g/mol. The molecule has 5 rings (SSSR count). The number of fused-ring (bicyclic) bond motifs is 3. The standard InChI is InChI=1S/C23H21N3O2S/c1-14-12-26-18(15(2)24-23(26)29-14)13-25(3)22(27)21-16-8-4-6-10-19(16)28-20-11-7-5-9-17(20)21/h4-12,21H,13H2,1-3H3. The van der Waals surface area contributed by atoms with Gasteiger partial charge in [0, 0.05) is 29.2 Å². The average Bonchev–Trinajstić information content (AvgIpc) is 3.21. The van der Waals surface area contributed by atoms with E-state index < -0.39 is 0 Å². The molecule has 0 spiro atoms. The van der Waals surface area contributed by atoms with E-state index in [0.717, 1.165) is 39.0 Å². The molecule has 0 radical (unpaired) electrons. The fourth-order valence-corrected chi connectivity index (χ4v) is 4.89. The van der Waals surface area contributed by atoms with Crippen molar-refractivity contribution in [3.63, 3.8) is 0 Å². The van der Waals surface area contributed by atoms with Gasteiger partial charge in [0.05, 0.1) is 23.9 Å². The first kappa shape index (κ1) is 17.9. The molecule has 1 aliphatic heterocycles. The first-order valence-corrected chi connectivity index (χ1v) is 10.4. The van der Waals surface area contributed by atoms with Crippen LogP contribution in [0.25, 0.3) is 4.96 Å². The van der Waals surface area contributed by atoms with Gasteiger partial charge in [0.2, 0.25) is 5.91 Å². The number of hydrogen-bond acceptors (Lipinski definition) is 4. The Morgan fingerprint density at radius 1 is 1.10 bits per heavy atom. The van der Waals surface area contributed by atoms with Gasteiger partial charge in [-0.15, -0.1) is 11.3 Å². The third kappa shape index (κ3) is 2.91. The van der Waals surface area contributed by atoms with Crippen molar-refractivity contribution in [2.75, 3.05) is 7.05 Å². The summed E-state index contributed by atoms with van der Waals surface area (Å²) in [6.45, 7) is 4.58. The van der Waals surface area contributed by atoms with E-state index in [-0.39, 0.29) is 11.8 Å². The molecule has 0 fully saturated rings. The van der Waals surface area contributed by atoms with E-state index in [1.54, 1.807) is 16.2 Å². The van der Waals surface area contributed by atoms with Gasteiger partial charge in [-0.25, -0.2) is 4.98 Å². The number of aromatic nitrogens is 2. The minimum absolute atomic E-state index is 0.0505. The summed E-state index contributed by atoms with van der Waals surface area (Å²) in [7, 11) is 1.86. The van der Waals surface area contributed by atoms with Gasteiger partial charge in [0.25, 0.3) is 0 Å². The van der Waals surface area contributed by atoms with Crippen molar-refractivity contribution in [2.45, 2.75) is 26.3 Å². The van der Waals surface area contributed by atoms with Crippen molar-refractivity contribution < 1.29 is 9.53 Å². The third-order valence-electron chi connectivity index (χ3n) is 5.43. The SMILES string of the molecule is Cc1cn2c(CN(C)C(=O)C3c4ccccc4Oc4ccccc43)c(C)nc2s1. The highest BCUT2D eigenvalue weighted by Crippen LogP contribution is 2.44. The van der Waals surface area contributed by atoms with Gasteiger partial charge >= 0.3 is 0 Å². The highest BCUT2D eigenvalue weighted by atomic mass is 32.1. The summed E-state index contributed by atoms with van der Waals surface area (Å²) in [6.07, 6.45) is 2.09. The van der Waals surface area contributed by atoms with Gasteiger partial charge in [0.1, 0.15) is 11.5 Å². The van der Waals surface area contributed by atoms with E-state index in [4.69, 9.17) is 4.74 Å². The molecule has 29 heavy (non-hydrogen) atoms. The molecule has 0 saturated heterocycles. The number of thiazole rings is 1. The number of amides is 1. The Balaban J connectivity index is 1.52. The van der Waals surface area contributed by atoms with E-state index in [9.17, 15) is 4.79 Å². The summed E-state index contributed by atoms with van der Waals surface area (Å²) < 4.78 is 8.14. The maximum absolute atomic E-state index is 13.6. The van der Waals surface area contributed by atoms with Crippen LogP contribution in [0.2, 0.25) is 0 Å². The number of benzene rings is 2. The fraction of sp³-hybridized carbons (Fsp3) is 0.217. The smallest absolute Gasteiger partial charge is 0.234 e. The molecule has 1 amide bonds. The van der Waals surface area contributed by atoms with E-state index in [1.165, 1.54) is 4.88 Å². The van der Waals surface area contributed by atoms with Gasteiger partial charge in [-0.05, 0) is 26.0 Å². The second kappa shape index (κ2) is 6.74. The van der Waals surface area contributed by atoms with Crippen LogP contribution in [0.3, 0.4) is 0 Å². The van der Waals surface area contributed by atoms with Gasteiger partial charge in [-0.2, -0.15) is 0 Å². The summed E-state index contributed by atoms with van der Waals surface area (Å²) >= 11 is 1.66. The number of hydrogen-bond donors (Lipinski definition) is 0. The van der Waals surface area contributed by atoms with Crippen LogP contribution < -0.4 is 4.74 Å². The zero-order chi connectivity index (χ0) is 20.1. The van der Waals surface area contributed by atoms with Crippen molar-refractivity contribution in [3.05, 3.63) is 82.1 Å². The van der Waals surface area contributed by atoms with Crippen molar-refractivity contribution in [2.24, 2.45) is 0 Å². The van der Waals surface area contributed by atoms with Crippen LogP contribution in [-0.2, 0) is 11.3 Å². The normalized spacial score (nSPS) is 13.1. The molecule has 4 aromatic rings. The predicted octanol–water partition coefficient (Wildman–Crippen LogP) is 4.91. The van der Waals surface area contributed by atoms with Crippen LogP contribution >= 0.6 is 11.3 Å². The number of para-hydroxylation sites is 2. The third-order valence-corrected chi connectivity index (χ3v) is 6.33. The van der Waals surface area contributed by atoms with E-state index >= 15 is 0 Å². The van der Waals surface area contributed by atoms with E-state index in [0.29, 0.717) is 6.54 Å². The monoisotopic (exact) mass is 403 g/mol. The minimum atomic E-state index is -0.380. The van der Waals surface area contributed by atoms with Crippen LogP contribution in [0.5, 0.6) is 11.5 Å². The molecular weight excluding hydrogens is 382 g/mol. The maximum atomic E-state index is 13.6. The quantitative estimate of drug-likeness (QED) is 0.488. The molecule has 5 nitrogen and oxygen atoms in total. The molecule has 0 unspecified atom stereocenters. The number of aryl methyl sites for hydroxylation is 2. The zero-order valence-electron chi connectivity index (χ0n) is 16.5. The van der Waals surface area contributed by atoms with Gasteiger partial charge in [0.15, 0.2) is 4.96 Å². The second-order valence-corrected chi connectivity index (χ2v) is 8.66. The molecule has 2 aromatic heterocycles. The largest absolute Gasteiger partial charge is 0.457 e. The summed E-state index contributed by atoms with van der Waals surface area (Å²) in [5.74, 6) is 1.16. The zero-order valence-corrected chi connectivity index (χ0v) is 17.4. The molecule has 146 valence electrons. The highest BCUT2D eigenvalue weighted by molar-refractivity contribution is 7.17. The minimum Gasteiger partial charge on any atom is -0.457 e. The van der Waals surface area contributed by atoms with Crippen LogP contribution in [0.1, 0.15) is 33.3 Å². The lowest BCUT2D eigenvalue weighted by molar-refractivity contribution is -0.131. The summed E-state index contributed by atoms with van der Waals surface area (Å²) in [5, 5.41) is 0. The molecule has 6 heteroatoms. The molecule has 1 aliphatic rings. The maximum Gasteiger partial charge on any atom is 0.234 e. The summed E-state index contributed by atoms with van der Waals surface area (Å²) in [4.78, 5) is 22.3. The summed E-state index contributed by atoms with van der Waals surface area (Å²) in [5.41, 5.74) is 3.83. The lowest BCUT2D eigenvalue weighted by Crippen LogP contribution is -2.33. The molecule has 3 heterocycles. The molecule has 2 aromatic carbocycles. The van der Waals surface area contributed by atoms with Crippen molar-refractivity contribution in [3.8, 4) is 11.5 Å². The van der Waals surface area contributed by atoms with Crippen LogP contribution in [0.4, 0.5) is 0 Å². The Labute approximate surface area is 173 Å². The lowest BCUT2D eigenvalue weighted by atomic mass is 9.87. The number of rotatable bonds is 3. The summed E-state index contributed by atoms with van der Waals surface area (Å²) in [6, 6.07) is 15.6. The topological polar surface area (TPSA) is 46.8 Å². The number of likely N-dealkylation sites (N-methyl/N-ethyl adjacent to an activating group) is 1.